The van der Waals surface area contributed by atoms with Gasteiger partial charge in [0.1, 0.15) is 61.6 Å². The number of epoxide rings is 2. The van der Waals surface area contributed by atoms with Crippen molar-refractivity contribution in [2.24, 2.45) is 0 Å². The first-order valence-corrected chi connectivity index (χ1v) is 17.7. The lowest BCUT2D eigenvalue weighted by Crippen LogP contribution is -2.21. The highest BCUT2D eigenvalue weighted by Gasteiger charge is 2.22. The molecule has 0 spiro atoms. The maximum atomic E-state index is 5.87. The Morgan fingerprint density at radius 2 is 0.765 bits per heavy atom. The van der Waals surface area contributed by atoms with Crippen molar-refractivity contribution < 1.29 is 47.4 Å². The molecule has 3 unspecified atom stereocenters. The highest BCUT2D eigenvalue weighted by Crippen LogP contribution is 2.26. The molecular formula is C41H48O10. The van der Waals surface area contributed by atoms with Gasteiger partial charge in [-0.1, -0.05) is 48.5 Å². The Morgan fingerprint density at radius 3 is 1.10 bits per heavy atom. The van der Waals surface area contributed by atoms with E-state index in [-0.39, 0.29) is 18.3 Å². The first-order chi connectivity index (χ1) is 25.2. The van der Waals surface area contributed by atoms with Crippen LogP contribution in [0.15, 0.2) is 97.1 Å². The van der Waals surface area contributed by atoms with Gasteiger partial charge in [0.2, 0.25) is 0 Å². The minimum Gasteiger partial charge on any atom is -0.491 e. The predicted molar refractivity (Wildman–Crippen MR) is 193 cm³/mol. The van der Waals surface area contributed by atoms with E-state index in [0.29, 0.717) is 72.7 Å². The van der Waals surface area contributed by atoms with Crippen LogP contribution in [0.4, 0.5) is 0 Å². The summed E-state index contributed by atoms with van der Waals surface area (Å²) in [5.41, 5.74) is 4.43. The van der Waals surface area contributed by atoms with Crippen molar-refractivity contribution in [3.63, 3.8) is 0 Å². The van der Waals surface area contributed by atoms with Gasteiger partial charge in [-0.2, -0.15) is 0 Å². The third kappa shape index (κ3) is 13.5. The Labute approximate surface area is 300 Å². The third-order valence-corrected chi connectivity index (χ3v) is 8.09. The van der Waals surface area contributed by atoms with Gasteiger partial charge in [-0.3, -0.25) is 0 Å². The van der Waals surface area contributed by atoms with E-state index in [1.54, 1.807) is 0 Å². The van der Waals surface area contributed by atoms with Gasteiger partial charge in [0, 0.05) is 0 Å². The van der Waals surface area contributed by atoms with Crippen molar-refractivity contribution in [3.8, 4) is 45.3 Å². The van der Waals surface area contributed by atoms with E-state index >= 15 is 0 Å². The second kappa shape index (κ2) is 20.0. The molecule has 0 aliphatic carbocycles. The van der Waals surface area contributed by atoms with Crippen LogP contribution >= 0.6 is 0 Å². The Morgan fingerprint density at radius 1 is 0.451 bits per heavy atom. The lowest BCUT2D eigenvalue weighted by molar-refractivity contribution is -0.0207. The van der Waals surface area contributed by atoms with Crippen LogP contribution < -0.4 is 18.9 Å². The number of hydrogen-bond acceptors (Lipinski definition) is 10. The molecule has 0 saturated carbocycles. The molecule has 2 heterocycles. The quantitative estimate of drug-likeness (QED) is 0.0564. The van der Waals surface area contributed by atoms with Crippen LogP contribution in [0.25, 0.3) is 22.3 Å². The second-order valence-electron chi connectivity index (χ2n) is 12.3. The molecule has 0 radical (unpaired) electrons. The normalized spacial score (nSPS) is 16.7. The molecule has 3 atom stereocenters. The molecule has 2 fully saturated rings. The summed E-state index contributed by atoms with van der Waals surface area (Å²) in [7, 11) is 0. The fourth-order valence-electron chi connectivity index (χ4n) is 5.09. The van der Waals surface area contributed by atoms with Gasteiger partial charge >= 0.3 is 0 Å². The van der Waals surface area contributed by atoms with Crippen LogP contribution in [0.1, 0.15) is 6.92 Å². The molecule has 10 heteroatoms. The average molecular weight is 701 g/mol. The Kier molecular flexibility index (Phi) is 14.4. The van der Waals surface area contributed by atoms with Gasteiger partial charge in [0.25, 0.3) is 0 Å². The molecule has 2 aliphatic heterocycles. The molecule has 2 aliphatic rings. The minimum atomic E-state index is -0.0559. The number of hydrogen-bond donors (Lipinski definition) is 0. The van der Waals surface area contributed by atoms with Crippen molar-refractivity contribution in [1.29, 1.82) is 0 Å². The standard InChI is InChI=1S/C41H48O10/c1-31(45-24-25-49-39-16-8-35(9-17-39)34-6-14-38(15-7-34)48-23-20-44-28-41-30-51-41)26-42-18-21-46-36-10-2-32(3-11-36)33-4-12-37(13-5-33)47-22-19-43-27-40-29-50-40/h2-17,31,40-41H,18-30H2,1H3. The van der Waals surface area contributed by atoms with Gasteiger partial charge in [0.05, 0.1) is 65.6 Å². The minimum absolute atomic E-state index is 0.0559. The maximum absolute atomic E-state index is 5.87. The van der Waals surface area contributed by atoms with Gasteiger partial charge in [0.15, 0.2) is 0 Å². The van der Waals surface area contributed by atoms with Crippen molar-refractivity contribution in [2.45, 2.75) is 25.2 Å². The van der Waals surface area contributed by atoms with E-state index in [1.807, 2.05) is 79.7 Å². The van der Waals surface area contributed by atoms with E-state index in [2.05, 4.69) is 24.3 Å². The number of benzene rings is 4. The summed E-state index contributed by atoms with van der Waals surface area (Å²) in [6.07, 6.45) is 0.501. The zero-order valence-electron chi connectivity index (χ0n) is 29.2. The van der Waals surface area contributed by atoms with E-state index in [0.717, 1.165) is 58.5 Å². The molecule has 4 aromatic carbocycles. The zero-order chi connectivity index (χ0) is 34.9. The average Bonchev–Trinajstić information content (AvgIpc) is 4.11. The fraction of sp³-hybridized carbons (Fsp3) is 0.415. The molecule has 4 aromatic rings. The molecule has 0 bridgehead atoms. The molecule has 272 valence electrons. The van der Waals surface area contributed by atoms with E-state index in [4.69, 9.17) is 47.4 Å². The van der Waals surface area contributed by atoms with Crippen LogP contribution in [0.3, 0.4) is 0 Å². The van der Waals surface area contributed by atoms with Gasteiger partial charge in [-0.05, 0) is 77.7 Å². The number of rotatable bonds is 25. The molecule has 10 nitrogen and oxygen atoms in total. The topological polar surface area (TPSA) is 98.9 Å². The van der Waals surface area contributed by atoms with Crippen LogP contribution in [0.5, 0.6) is 23.0 Å². The predicted octanol–water partition coefficient (Wildman–Crippen LogP) is 6.49. The molecule has 6 rings (SSSR count). The van der Waals surface area contributed by atoms with E-state index in [1.165, 1.54) is 0 Å². The van der Waals surface area contributed by atoms with Crippen molar-refractivity contribution >= 4 is 0 Å². The molecule has 2 saturated heterocycles. The SMILES string of the molecule is CC(COCCOc1ccc(-c2ccc(OCCOCC3CO3)cc2)cc1)OCCOc1ccc(-c2ccc(OCCOCC3CO3)cc2)cc1. The van der Waals surface area contributed by atoms with Gasteiger partial charge in [-0.25, -0.2) is 0 Å². The monoisotopic (exact) mass is 700 g/mol. The van der Waals surface area contributed by atoms with Crippen LogP contribution in [-0.2, 0) is 28.4 Å². The van der Waals surface area contributed by atoms with Gasteiger partial charge in [-0.15, -0.1) is 0 Å². The summed E-state index contributed by atoms with van der Waals surface area (Å²) < 4.78 is 56.1. The van der Waals surface area contributed by atoms with Crippen molar-refractivity contribution in [3.05, 3.63) is 97.1 Å². The Balaban J connectivity index is 0.779. The summed E-state index contributed by atoms with van der Waals surface area (Å²) in [5, 5.41) is 0. The second-order valence-corrected chi connectivity index (χ2v) is 12.3. The lowest BCUT2D eigenvalue weighted by atomic mass is 10.1. The molecule has 0 aromatic heterocycles. The first-order valence-electron chi connectivity index (χ1n) is 17.7. The van der Waals surface area contributed by atoms with E-state index < -0.39 is 0 Å². The Bertz CT molecular complexity index is 1540. The Hall–Kier alpha value is -4.16. The zero-order valence-corrected chi connectivity index (χ0v) is 29.2. The largest absolute Gasteiger partial charge is 0.491 e. The summed E-state index contributed by atoms with van der Waals surface area (Å²) in [6.45, 7) is 9.35. The lowest BCUT2D eigenvalue weighted by Gasteiger charge is -2.14. The summed E-state index contributed by atoms with van der Waals surface area (Å²) >= 11 is 0. The maximum Gasteiger partial charge on any atom is 0.119 e. The molecule has 51 heavy (non-hydrogen) atoms. The highest BCUT2D eigenvalue weighted by atomic mass is 16.6. The smallest absolute Gasteiger partial charge is 0.119 e. The molecule has 0 N–H and O–H groups in total. The third-order valence-electron chi connectivity index (χ3n) is 8.09. The summed E-state index contributed by atoms with van der Waals surface area (Å²) in [6, 6.07) is 32.2. The molecule has 0 amide bonds. The highest BCUT2D eigenvalue weighted by molar-refractivity contribution is 5.65. The van der Waals surface area contributed by atoms with Crippen LogP contribution in [-0.4, -0.2) is 104 Å². The van der Waals surface area contributed by atoms with Gasteiger partial charge < -0.3 is 47.4 Å². The first kappa shape index (κ1) is 36.6. The molecular weight excluding hydrogens is 652 g/mol. The summed E-state index contributed by atoms with van der Waals surface area (Å²) in [5.74, 6) is 3.24. The van der Waals surface area contributed by atoms with Crippen LogP contribution in [0, 0.1) is 0 Å². The van der Waals surface area contributed by atoms with E-state index in [9.17, 15) is 0 Å². The van der Waals surface area contributed by atoms with Crippen LogP contribution in [0.2, 0.25) is 0 Å². The summed E-state index contributed by atoms with van der Waals surface area (Å²) in [4.78, 5) is 0. The number of ether oxygens (including phenoxy) is 10. The fourth-order valence-corrected chi connectivity index (χ4v) is 5.09. The van der Waals surface area contributed by atoms with Crippen molar-refractivity contribution in [1.82, 2.24) is 0 Å². The van der Waals surface area contributed by atoms with Crippen molar-refractivity contribution in [2.75, 3.05) is 85.9 Å².